The van der Waals surface area contributed by atoms with Crippen LogP contribution in [0.15, 0.2) is 0 Å². The maximum absolute atomic E-state index is 11.6. The Morgan fingerprint density at radius 3 is 2.71 bits per heavy atom. The summed E-state index contributed by atoms with van der Waals surface area (Å²) >= 11 is 0. The zero-order valence-electron chi connectivity index (χ0n) is 9.05. The number of rotatable bonds is 4. The minimum absolute atomic E-state index is 0.249. The molecule has 0 radical (unpaired) electrons. The van der Waals surface area contributed by atoms with Gasteiger partial charge >= 0.3 is 0 Å². The fraction of sp³-hybridized carbons (Fsp3) is 0.909. The predicted octanol–water partition coefficient (Wildman–Crippen LogP) is 0.757. The summed E-state index contributed by atoms with van der Waals surface area (Å²) in [7, 11) is 0. The largest absolute Gasteiger partial charge is 0.353 e. The Kier molecular flexibility index (Phi) is 2.77. The van der Waals surface area contributed by atoms with Gasteiger partial charge in [-0.05, 0) is 17.8 Å². The van der Waals surface area contributed by atoms with Crippen LogP contribution in [-0.2, 0) is 4.79 Å². The predicted molar refractivity (Wildman–Crippen MR) is 55.9 cm³/mol. The minimum Gasteiger partial charge on any atom is -0.353 e. The molecule has 2 rings (SSSR count). The van der Waals surface area contributed by atoms with Gasteiger partial charge in [0.25, 0.3) is 0 Å². The molecule has 1 heterocycles. The van der Waals surface area contributed by atoms with E-state index in [0.29, 0.717) is 18.4 Å². The molecule has 1 saturated carbocycles. The van der Waals surface area contributed by atoms with Gasteiger partial charge in [0.1, 0.15) is 0 Å². The van der Waals surface area contributed by atoms with Crippen LogP contribution in [0.4, 0.5) is 0 Å². The maximum Gasteiger partial charge on any atom is 0.220 e. The quantitative estimate of drug-likeness (QED) is 0.697. The van der Waals surface area contributed by atoms with Crippen LogP contribution in [0.3, 0.4) is 0 Å². The highest BCUT2D eigenvalue weighted by Crippen LogP contribution is 2.41. The molecular formula is C11H20N2O. The van der Waals surface area contributed by atoms with Gasteiger partial charge in [-0.3, -0.25) is 4.79 Å². The molecule has 0 bridgehead atoms. The summed E-state index contributed by atoms with van der Waals surface area (Å²) in [5.41, 5.74) is 0. The molecule has 3 nitrogen and oxygen atoms in total. The highest BCUT2D eigenvalue weighted by Gasteiger charge is 2.53. The van der Waals surface area contributed by atoms with E-state index >= 15 is 0 Å². The molecule has 2 fully saturated rings. The molecule has 0 aromatic heterocycles. The fourth-order valence-corrected chi connectivity index (χ4v) is 2.34. The average molecular weight is 196 g/mol. The first-order valence-corrected chi connectivity index (χ1v) is 5.72. The Bertz CT molecular complexity index is 219. The molecule has 0 aromatic carbocycles. The lowest BCUT2D eigenvalue weighted by Gasteiger charge is -2.10. The fourth-order valence-electron chi connectivity index (χ4n) is 2.34. The van der Waals surface area contributed by atoms with E-state index in [2.05, 4.69) is 24.5 Å². The van der Waals surface area contributed by atoms with Gasteiger partial charge in [-0.1, -0.05) is 20.3 Å². The maximum atomic E-state index is 11.6. The molecule has 3 atom stereocenters. The van der Waals surface area contributed by atoms with Crippen LogP contribution in [-0.4, -0.2) is 25.0 Å². The molecule has 3 unspecified atom stereocenters. The molecule has 3 heteroatoms. The lowest BCUT2D eigenvalue weighted by atomic mass is 10.1. The van der Waals surface area contributed by atoms with Crippen molar-refractivity contribution in [3.8, 4) is 0 Å². The van der Waals surface area contributed by atoms with Crippen molar-refractivity contribution in [1.29, 1.82) is 0 Å². The number of piperidine rings is 1. The molecule has 80 valence electrons. The number of nitrogens with one attached hydrogen (secondary N) is 2. The summed E-state index contributed by atoms with van der Waals surface area (Å²) in [6.45, 7) is 6.46. The molecule has 2 N–H and O–H groups in total. The Morgan fingerprint density at radius 2 is 2.14 bits per heavy atom. The number of carbonyl (C=O) groups excluding carboxylic acids is 1. The van der Waals surface area contributed by atoms with Crippen molar-refractivity contribution in [2.24, 2.45) is 17.8 Å². The second kappa shape index (κ2) is 3.89. The lowest BCUT2D eigenvalue weighted by Crippen LogP contribution is -2.33. The Morgan fingerprint density at radius 1 is 1.50 bits per heavy atom. The standard InChI is InChI=1S/C11H20N2O/c1-3-7(2)4-10(14)13-11-8-5-12-6-9(8)11/h7-9,11-12H,3-6H2,1-2H3,(H,13,14). The van der Waals surface area contributed by atoms with Crippen molar-refractivity contribution in [1.82, 2.24) is 10.6 Å². The molecule has 2 aliphatic rings. The van der Waals surface area contributed by atoms with E-state index in [1.54, 1.807) is 0 Å². The van der Waals surface area contributed by atoms with Crippen LogP contribution in [0.1, 0.15) is 26.7 Å². The van der Waals surface area contributed by atoms with Crippen molar-refractivity contribution >= 4 is 5.91 Å². The summed E-state index contributed by atoms with van der Waals surface area (Å²) < 4.78 is 0. The summed E-state index contributed by atoms with van der Waals surface area (Å²) in [4.78, 5) is 11.6. The molecule has 14 heavy (non-hydrogen) atoms. The first-order chi connectivity index (χ1) is 6.72. The van der Waals surface area contributed by atoms with Gasteiger partial charge in [0.15, 0.2) is 0 Å². The monoisotopic (exact) mass is 196 g/mol. The molecule has 1 saturated heterocycles. The first-order valence-electron chi connectivity index (χ1n) is 5.72. The van der Waals surface area contributed by atoms with Crippen LogP contribution in [0, 0.1) is 17.8 Å². The van der Waals surface area contributed by atoms with E-state index < -0.39 is 0 Å². The third-order valence-electron chi connectivity index (χ3n) is 3.65. The molecular weight excluding hydrogens is 176 g/mol. The topological polar surface area (TPSA) is 41.1 Å². The Balaban J connectivity index is 1.69. The van der Waals surface area contributed by atoms with Crippen molar-refractivity contribution in [2.75, 3.05) is 13.1 Å². The van der Waals surface area contributed by atoms with Crippen molar-refractivity contribution < 1.29 is 4.79 Å². The number of carbonyl (C=O) groups is 1. The zero-order valence-corrected chi connectivity index (χ0v) is 9.05. The third-order valence-corrected chi connectivity index (χ3v) is 3.65. The minimum atomic E-state index is 0.249. The van der Waals surface area contributed by atoms with Crippen LogP contribution >= 0.6 is 0 Å². The number of amides is 1. The number of hydrogen-bond acceptors (Lipinski definition) is 2. The van der Waals surface area contributed by atoms with Gasteiger partial charge in [-0.25, -0.2) is 0 Å². The highest BCUT2D eigenvalue weighted by molar-refractivity contribution is 5.77. The normalized spacial score (nSPS) is 36.3. The van der Waals surface area contributed by atoms with E-state index in [1.165, 1.54) is 0 Å². The SMILES string of the molecule is CCC(C)CC(=O)NC1C2CNCC21. The van der Waals surface area contributed by atoms with Crippen LogP contribution in [0.25, 0.3) is 0 Å². The van der Waals surface area contributed by atoms with Gasteiger partial charge in [0.2, 0.25) is 5.91 Å². The van der Waals surface area contributed by atoms with Crippen LogP contribution < -0.4 is 10.6 Å². The van der Waals surface area contributed by atoms with Gasteiger partial charge in [-0.15, -0.1) is 0 Å². The Labute approximate surface area is 85.6 Å². The number of hydrogen-bond donors (Lipinski definition) is 2. The lowest BCUT2D eigenvalue weighted by molar-refractivity contribution is -0.122. The second-order valence-corrected chi connectivity index (χ2v) is 4.80. The van der Waals surface area contributed by atoms with E-state index in [4.69, 9.17) is 0 Å². The Hall–Kier alpha value is -0.570. The third kappa shape index (κ3) is 1.92. The van der Waals surface area contributed by atoms with Crippen molar-refractivity contribution in [2.45, 2.75) is 32.7 Å². The van der Waals surface area contributed by atoms with E-state index in [-0.39, 0.29) is 5.91 Å². The van der Waals surface area contributed by atoms with Crippen LogP contribution in [0.2, 0.25) is 0 Å². The second-order valence-electron chi connectivity index (χ2n) is 4.80. The van der Waals surface area contributed by atoms with Gasteiger partial charge < -0.3 is 10.6 Å². The summed E-state index contributed by atoms with van der Waals surface area (Å²) in [5.74, 6) is 2.23. The zero-order chi connectivity index (χ0) is 10.1. The van der Waals surface area contributed by atoms with Crippen molar-refractivity contribution in [3.63, 3.8) is 0 Å². The van der Waals surface area contributed by atoms with Crippen LogP contribution in [0.5, 0.6) is 0 Å². The first kappa shape index (κ1) is 9.97. The van der Waals surface area contributed by atoms with Gasteiger partial charge in [0.05, 0.1) is 0 Å². The summed E-state index contributed by atoms with van der Waals surface area (Å²) in [5, 5.41) is 6.47. The van der Waals surface area contributed by atoms with Gasteiger partial charge in [0, 0.05) is 25.6 Å². The molecule has 1 amide bonds. The molecule has 1 aliphatic carbocycles. The smallest absolute Gasteiger partial charge is 0.220 e. The molecule has 0 aromatic rings. The molecule has 0 spiro atoms. The highest BCUT2D eigenvalue weighted by atomic mass is 16.1. The van der Waals surface area contributed by atoms with E-state index in [0.717, 1.165) is 31.3 Å². The molecule has 1 aliphatic heterocycles. The van der Waals surface area contributed by atoms with E-state index in [9.17, 15) is 4.79 Å². The van der Waals surface area contributed by atoms with E-state index in [1.807, 2.05) is 0 Å². The number of fused-ring (bicyclic) bond motifs is 1. The summed E-state index contributed by atoms with van der Waals surface area (Å²) in [6.07, 6.45) is 1.78. The average Bonchev–Trinajstić information content (AvgIpc) is 2.65. The van der Waals surface area contributed by atoms with Crippen molar-refractivity contribution in [3.05, 3.63) is 0 Å². The van der Waals surface area contributed by atoms with Gasteiger partial charge in [-0.2, -0.15) is 0 Å². The summed E-state index contributed by atoms with van der Waals surface area (Å²) in [6, 6.07) is 0.493.